The summed E-state index contributed by atoms with van der Waals surface area (Å²) in [5, 5.41) is 18.0. The van der Waals surface area contributed by atoms with Crippen LogP contribution in [0.3, 0.4) is 0 Å². The summed E-state index contributed by atoms with van der Waals surface area (Å²) < 4.78 is 21.8. The second-order valence-electron chi connectivity index (χ2n) is 6.96. The van der Waals surface area contributed by atoms with Crippen LogP contribution in [0.15, 0.2) is 18.2 Å². The van der Waals surface area contributed by atoms with Gasteiger partial charge in [-0.25, -0.2) is 9.07 Å². The molecule has 28 heavy (non-hydrogen) atoms. The van der Waals surface area contributed by atoms with Crippen LogP contribution in [0.1, 0.15) is 42.8 Å². The van der Waals surface area contributed by atoms with Crippen molar-refractivity contribution in [2.45, 2.75) is 39.5 Å². The van der Waals surface area contributed by atoms with Gasteiger partial charge < -0.3 is 10.1 Å². The smallest absolute Gasteiger partial charge is 0.152 e. The normalized spacial score (nSPS) is 14.9. The Hall–Kier alpha value is -2.25. The van der Waals surface area contributed by atoms with Crippen molar-refractivity contribution in [3.8, 4) is 11.4 Å². The van der Waals surface area contributed by atoms with E-state index in [2.05, 4.69) is 15.5 Å². The largest absolute Gasteiger partial charge is 0.494 e. The average molecular weight is 406 g/mol. The monoisotopic (exact) mass is 405 g/mol. The molecule has 0 aliphatic carbocycles. The molecule has 1 aromatic carbocycles. The highest BCUT2D eigenvalue weighted by molar-refractivity contribution is 5.86. The summed E-state index contributed by atoms with van der Waals surface area (Å²) in [5.74, 6) is 0.483. The minimum atomic E-state index is -0.362. The van der Waals surface area contributed by atoms with E-state index in [1.165, 1.54) is 6.07 Å². The molecule has 150 valence electrons. The zero-order valence-corrected chi connectivity index (χ0v) is 17.1. The van der Waals surface area contributed by atoms with Gasteiger partial charge in [-0.3, -0.25) is 0 Å². The van der Waals surface area contributed by atoms with Gasteiger partial charge in [0.15, 0.2) is 5.82 Å². The number of nitrogens with one attached hydrogen (secondary N) is 1. The molecule has 0 bridgehead atoms. The maximum absolute atomic E-state index is 14.7. The maximum atomic E-state index is 14.7. The van der Waals surface area contributed by atoms with Crippen molar-refractivity contribution in [2.75, 3.05) is 19.7 Å². The summed E-state index contributed by atoms with van der Waals surface area (Å²) in [7, 11) is 0. The molecule has 1 N–H and O–H groups in total. The third-order valence-corrected chi connectivity index (χ3v) is 5.21. The number of ether oxygens (including phenoxy) is 1. The molecule has 1 aliphatic rings. The highest BCUT2D eigenvalue weighted by atomic mass is 35.5. The number of hydrogen-bond donors (Lipinski definition) is 1. The predicted octanol–water partition coefficient (Wildman–Crippen LogP) is 3.86. The lowest BCUT2D eigenvalue weighted by atomic mass is 9.93. The SMILES string of the molecule is CCOc1ccc(-n2nc3c(C4CCNCC4)nnc(C)c3c2C)c(F)c1.Cl. The Morgan fingerprint density at radius 2 is 1.96 bits per heavy atom. The minimum Gasteiger partial charge on any atom is -0.494 e. The van der Waals surface area contributed by atoms with Crippen molar-refractivity contribution in [1.29, 1.82) is 0 Å². The van der Waals surface area contributed by atoms with Crippen molar-refractivity contribution in [2.24, 2.45) is 0 Å². The van der Waals surface area contributed by atoms with Crippen LogP contribution >= 0.6 is 12.4 Å². The first-order valence-electron chi connectivity index (χ1n) is 9.46. The van der Waals surface area contributed by atoms with E-state index in [0.29, 0.717) is 24.0 Å². The van der Waals surface area contributed by atoms with Crippen molar-refractivity contribution < 1.29 is 9.13 Å². The van der Waals surface area contributed by atoms with Crippen LogP contribution in [-0.4, -0.2) is 39.7 Å². The molecule has 0 unspecified atom stereocenters. The van der Waals surface area contributed by atoms with Gasteiger partial charge in [-0.2, -0.15) is 15.3 Å². The number of nitrogens with zero attached hydrogens (tertiary/aromatic N) is 4. The van der Waals surface area contributed by atoms with Crippen molar-refractivity contribution in [1.82, 2.24) is 25.3 Å². The number of aryl methyl sites for hydroxylation is 2. The van der Waals surface area contributed by atoms with Crippen molar-refractivity contribution >= 4 is 23.3 Å². The fourth-order valence-corrected chi connectivity index (χ4v) is 3.86. The predicted molar refractivity (Wildman–Crippen MR) is 109 cm³/mol. The van der Waals surface area contributed by atoms with Gasteiger partial charge in [-0.1, -0.05) is 0 Å². The molecule has 0 spiro atoms. The quantitative estimate of drug-likeness (QED) is 0.714. The van der Waals surface area contributed by atoms with Crippen LogP contribution in [0.2, 0.25) is 0 Å². The number of fused-ring (bicyclic) bond motifs is 1. The van der Waals surface area contributed by atoms with Crippen molar-refractivity contribution in [3.63, 3.8) is 0 Å². The molecule has 0 atom stereocenters. The van der Waals surface area contributed by atoms with Crippen LogP contribution in [0.25, 0.3) is 16.6 Å². The molecule has 1 aliphatic heterocycles. The molecule has 0 saturated carbocycles. The molecule has 1 saturated heterocycles. The zero-order valence-electron chi connectivity index (χ0n) is 16.3. The molecule has 2 aromatic heterocycles. The summed E-state index contributed by atoms with van der Waals surface area (Å²) in [5.41, 5.74) is 3.85. The van der Waals surface area contributed by atoms with E-state index in [0.717, 1.165) is 53.9 Å². The van der Waals surface area contributed by atoms with Crippen LogP contribution in [0.5, 0.6) is 5.75 Å². The second kappa shape index (κ2) is 8.41. The lowest BCUT2D eigenvalue weighted by Crippen LogP contribution is -2.27. The van der Waals surface area contributed by atoms with Crippen LogP contribution < -0.4 is 10.1 Å². The molecule has 4 rings (SSSR count). The van der Waals surface area contributed by atoms with Crippen molar-refractivity contribution in [3.05, 3.63) is 41.1 Å². The van der Waals surface area contributed by atoms with Gasteiger partial charge in [0.1, 0.15) is 17.0 Å². The molecule has 0 amide bonds. The van der Waals surface area contributed by atoms with E-state index in [1.54, 1.807) is 16.8 Å². The highest BCUT2D eigenvalue weighted by Gasteiger charge is 2.24. The molecule has 8 heteroatoms. The lowest BCUT2D eigenvalue weighted by molar-refractivity contribution is 0.338. The van der Waals surface area contributed by atoms with Gasteiger partial charge in [0.25, 0.3) is 0 Å². The number of benzene rings is 1. The molecular weight excluding hydrogens is 381 g/mol. The molecule has 3 aromatic rings. The zero-order chi connectivity index (χ0) is 19.0. The van der Waals surface area contributed by atoms with Gasteiger partial charge in [0, 0.05) is 17.4 Å². The molecule has 1 fully saturated rings. The van der Waals surface area contributed by atoms with E-state index < -0.39 is 0 Å². The Labute approximate surface area is 169 Å². The maximum Gasteiger partial charge on any atom is 0.152 e. The summed E-state index contributed by atoms with van der Waals surface area (Å²) in [6.07, 6.45) is 2.02. The fraction of sp³-hybridized carbons (Fsp3) is 0.450. The average Bonchev–Trinajstić information content (AvgIpc) is 3.01. The van der Waals surface area contributed by atoms with Gasteiger partial charge in [-0.15, -0.1) is 12.4 Å². The first-order chi connectivity index (χ1) is 13.1. The van der Waals surface area contributed by atoms with E-state index >= 15 is 0 Å². The van der Waals surface area contributed by atoms with Gasteiger partial charge in [0.2, 0.25) is 0 Å². The number of hydrogen-bond acceptors (Lipinski definition) is 5. The van der Waals surface area contributed by atoms with E-state index in [-0.39, 0.29) is 18.2 Å². The lowest BCUT2D eigenvalue weighted by Gasteiger charge is -2.21. The molecule has 6 nitrogen and oxygen atoms in total. The van der Waals surface area contributed by atoms with Crippen LogP contribution in [0.4, 0.5) is 4.39 Å². The fourth-order valence-electron chi connectivity index (χ4n) is 3.86. The van der Waals surface area contributed by atoms with Gasteiger partial charge in [0.05, 0.1) is 23.7 Å². The summed E-state index contributed by atoms with van der Waals surface area (Å²) >= 11 is 0. The minimum absolute atomic E-state index is 0. The van der Waals surface area contributed by atoms with E-state index in [4.69, 9.17) is 9.84 Å². The number of piperidine rings is 1. The Bertz CT molecular complexity index is 984. The summed E-state index contributed by atoms with van der Waals surface area (Å²) in [6.45, 7) is 8.19. The Kier molecular flexibility index (Phi) is 6.15. The summed E-state index contributed by atoms with van der Waals surface area (Å²) in [4.78, 5) is 0. The Morgan fingerprint density at radius 3 is 2.64 bits per heavy atom. The third kappa shape index (κ3) is 3.56. The third-order valence-electron chi connectivity index (χ3n) is 5.21. The Morgan fingerprint density at radius 1 is 1.21 bits per heavy atom. The second-order valence-corrected chi connectivity index (χ2v) is 6.96. The van der Waals surface area contributed by atoms with E-state index in [9.17, 15) is 4.39 Å². The highest BCUT2D eigenvalue weighted by Crippen LogP contribution is 2.32. The number of rotatable bonds is 4. The summed E-state index contributed by atoms with van der Waals surface area (Å²) in [6, 6.07) is 4.88. The number of halogens is 2. The first-order valence-corrected chi connectivity index (χ1v) is 9.46. The molecular formula is C20H25ClFN5O. The standard InChI is InChI=1S/C20H24FN5O.ClH/c1-4-27-15-5-6-17(16(21)11-15)26-13(3)18-12(2)23-24-19(20(18)25-26)14-7-9-22-10-8-14;/h5-6,11,14,22H,4,7-10H2,1-3H3;1H. The number of aromatic nitrogens is 4. The first kappa shape index (κ1) is 20.5. The van der Waals surface area contributed by atoms with Crippen LogP contribution in [0, 0.1) is 19.7 Å². The Balaban J connectivity index is 0.00000225. The molecule has 0 radical (unpaired) electrons. The molecule has 3 heterocycles. The van der Waals surface area contributed by atoms with Gasteiger partial charge >= 0.3 is 0 Å². The van der Waals surface area contributed by atoms with Gasteiger partial charge in [-0.05, 0) is 58.8 Å². The van der Waals surface area contributed by atoms with Crippen LogP contribution in [-0.2, 0) is 0 Å². The van der Waals surface area contributed by atoms with E-state index in [1.807, 2.05) is 20.8 Å². The topological polar surface area (TPSA) is 64.9 Å².